The molecule has 1 aliphatic rings. The van der Waals surface area contributed by atoms with Gasteiger partial charge in [0, 0.05) is 49.3 Å². The summed E-state index contributed by atoms with van der Waals surface area (Å²) >= 11 is 1.81. The average Bonchev–Trinajstić information content (AvgIpc) is 3.08. The summed E-state index contributed by atoms with van der Waals surface area (Å²) in [5, 5.41) is 7.99. The van der Waals surface area contributed by atoms with Gasteiger partial charge in [-0.25, -0.2) is 4.98 Å². The van der Waals surface area contributed by atoms with Gasteiger partial charge in [0.15, 0.2) is 5.96 Å². The van der Waals surface area contributed by atoms with E-state index in [2.05, 4.69) is 48.5 Å². The second kappa shape index (κ2) is 12.1. The molecule has 6 nitrogen and oxygen atoms in total. The molecule has 2 heterocycles. The number of nitrogens with one attached hydrogen (secondary N) is 2. The lowest BCUT2D eigenvalue weighted by atomic mass is 9.89. The Balaban J connectivity index is 0.00000338. The molecule has 1 fully saturated rings. The number of aromatic nitrogens is 1. The third-order valence-corrected chi connectivity index (χ3v) is 6.03. The minimum atomic E-state index is 0. The maximum atomic E-state index is 5.54. The Kier molecular flexibility index (Phi) is 11.0. The van der Waals surface area contributed by atoms with Crippen molar-refractivity contribution >= 4 is 41.3 Å². The molecule has 0 radical (unpaired) electrons. The molecule has 26 heavy (non-hydrogen) atoms. The van der Waals surface area contributed by atoms with Gasteiger partial charge in [-0.1, -0.05) is 6.92 Å². The standard InChI is InChI=1S/C18H33N5OS.HI/c1-5-15-13-21-16(25-15)7-10-20-17(19-6-2)22-14-18(23(3)4)8-11-24-12-9-18;/h13H,5-12,14H2,1-4H3,(H2,19,20,22);1H. The maximum Gasteiger partial charge on any atom is 0.191 e. The number of halogens is 1. The molecule has 0 aliphatic carbocycles. The van der Waals surface area contributed by atoms with Gasteiger partial charge in [0.1, 0.15) is 0 Å². The van der Waals surface area contributed by atoms with Gasteiger partial charge in [-0.05, 0) is 40.3 Å². The van der Waals surface area contributed by atoms with Gasteiger partial charge in [-0.2, -0.15) is 0 Å². The van der Waals surface area contributed by atoms with E-state index >= 15 is 0 Å². The second-order valence-electron chi connectivity index (χ2n) is 6.68. The van der Waals surface area contributed by atoms with Gasteiger partial charge in [0.25, 0.3) is 0 Å². The number of hydrogen-bond donors (Lipinski definition) is 2. The third-order valence-electron chi connectivity index (χ3n) is 4.83. The predicted molar refractivity (Wildman–Crippen MR) is 121 cm³/mol. The molecule has 8 heteroatoms. The lowest BCUT2D eigenvalue weighted by Gasteiger charge is -2.41. The molecule has 2 N–H and O–H groups in total. The lowest BCUT2D eigenvalue weighted by molar-refractivity contribution is -0.00254. The summed E-state index contributed by atoms with van der Waals surface area (Å²) in [4.78, 5) is 13.0. The SMILES string of the molecule is CCNC(=NCC1(N(C)C)CCOCC1)NCCc1ncc(CC)s1.I. The number of nitrogens with zero attached hydrogens (tertiary/aromatic N) is 3. The molecule has 0 aromatic carbocycles. The molecule has 1 aromatic rings. The van der Waals surface area contributed by atoms with Crippen molar-refractivity contribution in [2.45, 2.75) is 45.1 Å². The molecule has 0 atom stereocenters. The Morgan fingerprint density at radius 3 is 2.62 bits per heavy atom. The minimum Gasteiger partial charge on any atom is -0.381 e. The van der Waals surface area contributed by atoms with Crippen molar-refractivity contribution in [3.8, 4) is 0 Å². The van der Waals surface area contributed by atoms with E-state index in [0.29, 0.717) is 0 Å². The number of aryl methyl sites for hydroxylation is 1. The zero-order chi connectivity index (χ0) is 18.1. The molecule has 150 valence electrons. The fraction of sp³-hybridized carbons (Fsp3) is 0.778. The van der Waals surface area contributed by atoms with Gasteiger partial charge in [-0.3, -0.25) is 4.99 Å². The highest BCUT2D eigenvalue weighted by Crippen LogP contribution is 2.26. The third kappa shape index (κ3) is 6.94. The Morgan fingerprint density at radius 2 is 2.04 bits per heavy atom. The van der Waals surface area contributed by atoms with Crippen molar-refractivity contribution in [1.29, 1.82) is 0 Å². The highest BCUT2D eigenvalue weighted by Gasteiger charge is 2.34. The van der Waals surface area contributed by atoms with Crippen molar-refractivity contribution in [3.05, 3.63) is 16.1 Å². The molecule has 1 aliphatic heterocycles. The monoisotopic (exact) mass is 495 g/mol. The summed E-state index contributed by atoms with van der Waals surface area (Å²) in [5.74, 6) is 0.891. The van der Waals surface area contributed by atoms with E-state index in [1.807, 2.05) is 6.20 Å². The first-order valence-electron chi connectivity index (χ1n) is 9.30. The van der Waals surface area contributed by atoms with E-state index in [1.54, 1.807) is 11.3 Å². The van der Waals surface area contributed by atoms with Gasteiger partial charge in [0.05, 0.1) is 11.6 Å². The van der Waals surface area contributed by atoms with Crippen LogP contribution in [0.2, 0.25) is 0 Å². The van der Waals surface area contributed by atoms with Crippen LogP contribution >= 0.6 is 35.3 Å². The predicted octanol–water partition coefficient (Wildman–Crippen LogP) is 2.53. The van der Waals surface area contributed by atoms with E-state index in [1.165, 1.54) is 9.88 Å². The smallest absolute Gasteiger partial charge is 0.191 e. The number of rotatable bonds is 8. The number of ether oxygens (including phenoxy) is 1. The van der Waals surface area contributed by atoms with Crippen LogP contribution in [0.15, 0.2) is 11.2 Å². The summed E-state index contributed by atoms with van der Waals surface area (Å²) in [5.41, 5.74) is 0.103. The summed E-state index contributed by atoms with van der Waals surface area (Å²) in [6, 6.07) is 0. The van der Waals surface area contributed by atoms with E-state index in [4.69, 9.17) is 9.73 Å². The molecule has 0 unspecified atom stereocenters. The van der Waals surface area contributed by atoms with Crippen LogP contribution in [-0.2, 0) is 17.6 Å². The van der Waals surface area contributed by atoms with Crippen LogP contribution in [0.4, 0.5) is 0 Å². The molecule has 0 saturated carbocycles. The Bertz CT molecular complexity index is 543. The first kappa shape index (κ1) is 23.6. The van der Waals surface area contributed by atoms with Crippen LogP contribution in [0.5, 0.6) is 0 Å². The molecule has 0 bridgehead atoms. The molecule has 2 rings (SSSR count). The quantitative estimate of drug-likeness (QED) is 0.330. The average molecular weight is 495 g/mol. The summed E-state index contributed by atoms with van der Waals surface area (Å²) in [7, 11) is 4.30. The van der Waals surface area contributed by atoms with E-state index in [-0.39, 0.29) is 29.5 Å². The fourth-order valence-electron chi connectivity index (χ4n) is 2.98. The molecule has 1 aromatic heterocycles. The van der Waals surface area contributed by atoms with Crippen LogP contribution in [0.3, 0.4) is 0 Å². The summed E-state index contributed by atoms with van der Waals surface area (Å²) < 4.78 is 5.54. The normalized spacial score (nSPS) is 17.0. The number of thiazole rings is 1. The van der Waals surface area contributed by atoms with Crippen LogP contribution in [0.25, 0.3) is 0 Å². The van der Waals surface area contributed by atoms with Crippen molar-refractivity contribution in [2.75, 3.05) is 46.9 Å². The van der Waals surface area contributed by atoms with Crippen molar-refractivity contribution < 1.29 is 4.74 Å². The fourth-order valence-corrected chi connectivity index (χ4v) is 3.84. The molecular formula is C18H34IN5OS. The zero-order valence-electron chi connectivity index (χ0n) is 16.5. The Labute approximate surface area is 179 Å². The Hall–Kier alpha value is -0.450. The lowest BCUT2D eigenvalue weighted by Crippen LogP contribution is -2.51. The van der Waals surface area contributed by atoms with Crippen LogP contribution in [-0.4, -0.2) is 68.3 Å². The van der Waals surface area contributed by atoms with Crippen LogP contribution in [0, 0.1) is 0 Å². The molecule has 0 spiro atoms. The first-order valence-corrected chi connectivity index (χ1v) is 10.1. The topological polar surface area (TPSA) is 61.8 Å². The minimum absolute atomic E-state index is 0. The van der Waals surface area contributed by atoms with E-state index in [0.717, 1.165) is 64.5 Å². The van der Waals surface area contributed by atoms with Crippen molar-refractivity contribution in [1.82, 2.24) is 20.5 Å². The van der Waals surface area contributed by atoms with Gasteiger partial charge < -0.3 is 20.3 Å². The molecule has 1 saturated heterocycles. The second-order valence-corrected chi connectivity index (χ2v) is 7.88. The Morgan fingerprint density at radius 1 is 1.31 bits per heavy atom. The first-order chi connectivity index (χ1) is 12.1. The number of hydrogen-bond acceptors (Lipinski definition) is 5. The largest absolute Gasteiger partial charge is 0.381 e. The number of aliphatic imine (C=N–C) groups is 1. The summed E-state index contributed by atoms with van der Waals surface area (Å²) in [6.07, 6.45) is 6.04. The van der Waals surface area contributed by atoms with Gasteiger partial charge in [0.2, 0.25) is 0 Å². The van der Waals surface area contributed by atoms with Gasteiger partial charge >= 0.3 is 0 Å². The molecule has 0 amide bonds. The van der Waals surface area contributed by atoms with Crippen LogP contribution < -0.4 is 10.6 Å². The number of likely N-dealkylation sites (N-methyl/N-ethyl adjacent to an activating group) is 1. The van der Waals surface area contributed by atoms with Gasteiger partial charge in [-0.15, -0.1) is 35.3 Å². The summed E-state index contributed by atoms with van der Waals surface area (Å²) in [6.45, 7) is 8.41. The van der Waals surface area contributed by atoms with Crippen LogP contribution in [0.1, 0.15) is 36.6 Å². The molecular weight excluding hydrogens is 461 g/mol. The maximum absolute atomic E-state index is 5.54. The van der Waals surface area contributed by atoms with Crippen molar-refractivity contribution in [2.24, 2.45) is 4.99 Å². The highest BCUT2D eigenvalue weighted by molar-refractivity contribution is 14.0. The zero-order valence-corrected chi connectivity index (χ0v) is 19.7. The highest BCUT2D eigenvalue weighted by atomic mass is 127. The van der Waals surface area contributed by atoms with E-state index < -0.39 is 0 Å². The van der Waals surface area contributed by atoms with E-state index in [9.17, 15) is 0 Å². The number of guanidine groups is 1. The van der Waals surface area contributed by atoms with Crippen molar-refractivity contribution in [3.63, 3.8) is 0 Å².